The molecule has 0 aliphatic carbocycles. The average Bonchev–Trinajstić information content (AvgIpc) is 2.34. The molecule has 1 unspecified atom stereocenters. The summed E-state index contributed by atoms with van der Waals surface area (Å²) < 4.78 is 5.63. The van der Waals surface area contributed by atoms with Gasteiger partial charge < -0.3 is 10.5 Å². The van der Waals surface area contributed by atoms with Crippen molar-refractivity contribution in [1.29, 1.82) is 0 Å². The minimum absolute atomic E-state index is 0.00618. The summed E-state index contributed by atoms with van der Waals surface area (Å²) in [4.78, 5) is 12.1. The number of nitrogens with two attached hydrogens (primary N) is 1. The molecule has 1 rings (SSSR count). The minimum Gasteiger partial charge on any atom is -0.398 e. The SMILES string of the molecule is CC(C)OC(NCc1ccccc1N)C(=O)C(C)C. The van der Waals surface area contributed by atoms with Gasteiger partial charge in [-0.1, -0.05) is 32.0 Å². The molecule has 1 aromatic rings. The Morgan fingerprint density at radius 2 is 1.89 bits per heavy atom. The van der Waals surface area contributed by atoms with Crippen LogP contribution in [0.5, 0.6) is 0 Å². The Balaban J connectivity index is 2.68. The zero-order valence-electron chi connectivity index (χ0n) is 12.1. The smallest absolute Gasteiger partial charge is 0.178 e. The van der Waals surface area contributed by atoms with Gasteiger partial charge in [0.1, 0.15) is 0 Å². The predicted molar refractivity (Wildman–Crippen MR) is 77.5 cm³/mol. The Hall–Kier alpha value is -1.39. The highest BCUT2D eigenvalue weighted by molar-refractivity contribution is 5.84. The van der Waals surface area contributed by atoms with Gasteiger partial charge in [0.25, 0.3) is 0 Å². The van der Waals surface area contributed by atoms with E-state index in [0.29, 0.717) is 6.54 Å². The number of para-hydroxylation sites is 1. The number of Topliss-reactive ketones (excluding diaryl/α,β-unsaturated/α-hetero) is 1. The highest BCUT2D eigenvalue weighted by atomic mass is 16.5. The summed E-state index contributed by atoms with van der Waals surface area (Å²) in [6, 6.07) is 7.60. The van der Waals surface area contributed by atoms with Gasteiger partial charge in [-0.3, -0.25) is 10.1 Å². The van der Waals surface area contributed by atoms with Gasteiger partial charge in [0, 0.05) is 18.2 Å². The van der Waals surface area contributed by atoms with Crippen molar-refractivity contribution in [1.82, 2.24) is 5.32 Å². The molecule has 0 aliphatic heterocycles. The zero-order chi connectivity index (χ0) is 14.4. The molecule has 0 aromatic heterocycles. The third kappa shape index (κ3) is 5.01. The molecule has 4 nitrogen and oxygen atoms in total. The second-order valence-corrected chi connectivity index (χ2v) is 5.20. The topological polar surface area (TPSA) is 64.3 Å². The van der Waals surface area contributed by atoms with Crippen LogP contribution in [0, 0.1) is 5.92 Å². The van der Waals surface area contributed by atoms with E-state index in [1.165, 1.54) is 0 Å². The molecule has 4 heteroatoms. The molecule has 0 saturated carbocycles. The predicted octanol–water partition coefficient (Wildman–Crippen LogP) is 2.33. The number of benzene rings is 1. The van der Waals surface area contributed by atoms with Crippen molar-refractivity contribution < 1.29 is 9.53 Å². The lowest BCUT2D eigenvalue weighted by Crippen LogP contribution is -2.42. The second-order valence-electron chi connectivity index (χ2n) is 5.20. The summed E-state index contributed by atoms with van der Waals surface area (Å²) >= 11 is 0. The number of ether oxygens (including phenoxy) is 1. The molecule has 0 fully saturated rings. The molecule has 1 aromatic carbocycles. The van der Waals surface area contributed by atoms with Gasteiger partial charge in [0.15, 0.2) is 12.0 Å². The van der Waals surface area contributed by atoms with Crippen LogP contribution in [-0.2, 0) is 16.1 Å². The molecule has 0 heterocycles. The fraction of sp³-hybridized carbons (Fsp3) is 0.533. The number of nitrogens with one attached hydrogen (secondary N) is 1. The fourth-order valence-electron chi connectivity index (χ4n) is 1.69. The van der Waals surface area contributed by atoms with Crippen molar-refractivity contribution >= 4 is 11.5 Å². The Bertz CT molecular complexity index is 416. The number of rotatable bonds is 7. The quantitative estimate of drug-likeness (QED) is 0.586. The van der Waals surface area contributed by atoms with Crippen LogP contribution in [0.3, 0.4) is 0 Å². The molecule has 0 saturated heterocycles. The highest BCUT2D eigenvalue weighted by Gasteiger charge is 2.22. The van der Waals surface area contributed by atoms with E-state index in [0.717, 1.165) is 11.3 Å². The molecule has 106 valence electrons. The number of anilines is 1. The Morgan fingerprint density at radius 3 is 2.42 bits per heavy atom. The van der Waals surface area contributed by atoms with Crippen molar-refractivity contribution in [3.8, 4) is 0 Å². The number of ketones is 1. The number of carbonyl (C=O) groups is 1. The maximum Gasteiger partial charge on any atom is 0.178 e. The van der Waals surface area contributed by atoms with Crippen molar-refractivity contribution in [2.45, 2.75) is 46.6 Å². The summed E-state index contributed by atoms with van der Waals surface area (Å²) in [5.41, 5.74) is 7.56. The van der Waals surface area contributed by atoms with Gasteiger partial charge in [-0.25, -0.2) is 0 Å². The van der Waals surface area contributed by atoms with Crippen molar-refractivity contribution in [2.24, 2.45) is 5.92 Å². The molecular formula is C15H24N2O2. The summed E-state index contributed by atoms with van der Waals surface area (Å²) in [5.74, 6) is -0.00688. The Morgan fingerprint density at radius 1 is 1.26 bits per heavy atom. The van der Waals surface area contributed by atoms with Gasteiger partial charge in [-0.15, -0.1) is 0 Å². The first-order chi connectivity index (χ1) is 8.91. The van der Waals surface area contributed by atoms with Gasteiger partial charge in [0.05, 0.1) is 6.10 Å². The van der Waals surface area contributed by atoms with Crippen molar-refractivity contribution in [2.75, 3.05) is 5.73 Å². The van der Waals surface area contributed by atoms with E-state index in [-0.39, 0.29) is 17.8 Å². The van der Waals surface area contributed by atoms with E-state index in [4.69, 9.17) is 10.5 Å². The number of carbonyl (C=O) groups excluding carboxylic acids is 1. The lowest BCUT2D eigenvalue weighted by atomic mass is 10.1. The van der Waals surface area contributed by atoms with Crippen molar-refractivity contribution in [3.63, 3.8) is 0 Å². The van der Waals surface area contributed by atoms with Crippen LogP contribution in [-0.4, -0.2) is 18.1 Å². The van der Waals surface area contributed by atoms with Gasteiger partial charge >= 0.3 is 0 Å². The Kier molecular flexibility index (Phi) is 5.99. The number of nitrogen functional groups attached to an aromatic ring is 1. The average molecular weight is 264 g/mol. The van der Waals surface area contributed by atoms with Crippen LogP contribution in [0.4, 0.5) is 5.69 Å². The molecule has 1 atom stereocenters. The van der Waals surface area contributed by atoms with E-state index in [9.17, 15) is 4.79 Å². The molecular weight excluding hydrogens is 240 g/mol. The first-order valence-electron chi connectivity index (χ1n) is 6.67. The molecule has 3 N–H and O–H groups in total. The van der Waals surface area contributed by atoms with Crippen LogP contribution < -0.4 is 11.1 Å². The third-order valence-electron chi connectivity index (χ3n) is 2.77. The van der Waals surface area contributed by atoms with Gasteiger partial charge in [-0.05, 0) is 25.5 Å². The minimum atomic E-state index is -0.584. The van der Waals surface area contributed by atoms with E-state index in [1.807, 2.05) is 52.0 Å². The van der Waals surface area contributed by atoms with E-state index in [2.05, 4.69) is 5.32 Å². The van der Waals surface area contributed by atoms with Crippen LogP contribution in [0.1, 0.15) is 33.3 Å². The van der Waals surface area contributed by atoms with Crippen LogP contribution >= 0.6 is 0 Å². The first-order valence-corrected chi connectivity index (χ1v) is 6.67. The van der Waals surface area contributed by atoms with E-state index < -0.39 is 6.23 Å². The molecule has 0 amide bonds. The summed E-state index contributed by atoms with van der Waals surface area (Å²) in [7, 11) is 0. The van der Waals surface area contributed by atoms with Crippen LogP contribution in [0.15, 0.2) is 24.3 Å². The van der Waals surface area contributed by atoms with E-state index >= 15 is 0 Å². The standard InChI is InChI=1S/C15H24N2O2/c1-10(2)14(18)15(19-11(3)4)17-9-12-7-5-6-8-13(12)16/h5-8,10-11,15,17H,9,16H2,1-4H3. The molecule has 0 aliphatic rings. The number of hydrogen-bond donors (Lipinski definition) is 2. The third-order valence-corrected chi connectivity index (χ3v) is 2.77. The first kappa shape index (κ1) is 15.7. The summed E-state index contributed by atoms with van der Waals surface area (Å²) in [6.45, 7) is 8.09. The molecule has 0 spiro atoms. The summed E-state index contributed by atoms with van der Waals surface area (Å²) in [5, 5.41) is 3.14. The largest absolute Gasteiger partial charge is 0.398 e. The van der Waals surface area contributed by atoms with E-state index in [1.54, 1.807) is 0 Å². The van der Waals surface area contributed by atoms with Crippen LogP contribution in [0.25, 0.3) is 0 Å². The monoisotopic (exact) mass is 264 g/mol. The molecule has 19 heavy (non-hydrogen) atoms. The maximum absolute atomic E-state index is 12.1. The van der Waals surface area contributed by atoms with Gasteiger partial charge in [-0.2, -0.15) is 0 Å². The molecule has 0 bridgehead atoms. The molecule has 0 radical (unpaired) electrons. The normalized spacial score (nSPS) is 12.9. The fourth-order valence-corrected chi connectivity index (χ4v) is 1.69. The maximum atomic E-state index is 12.1. The lowest BCUT2D eigenvalue weighted by molar-refractivity contribution is -0.139. The zero-order valence-corrected chi connectivity index (χ0v) is 12.1. The summed E-state index contributed by atoms with van der Waals surface area (Å²) in [6.07, 6.45) is -0.590. The van der Waals surface area contributed by atoms with Crippen molar-refractivity contribution in [3.05, 3.63) is 29.8 Å². The Labute approximate surface area is 115 Å². The highest BCUT2D eigenvalue weighted by Crippen LogP contribution is 2.11. The lowest BCUT2D eigenvalue weighted by Gasteiger charge is -2.22. The number of hydrogen-bond acceptors (Lipinski definition) is 4. The van der Waals surface area contributed by atoms with Crippen LogP contribution in [0.2, 0.25) is 0 Å². The van der Waals surface area contributed by atoms with Gasteiger partial charge in [0.2, 0.25) is 0 Å². The second kappa shape index (κ2) is 7.26.